The van der Waals surface area contributed by atoms with Crippen LogP contribution in [0.5, 0.6) is 0 Å². The molecule has 4 heteroatoms. The van der Waals surface area contributed by atoms with E-state index in [1.54, 1.807) is 6.61 Å². The Bertz CT molecular complexity index is 412. The minimum atomic E-state index is -0.301. The molecule has 0 unspecified atom stereocenters. The first-order chi connectivity index (χ1) is 8.85. The van der Waals surface area contributed by atoms with Crippen molar-refractivity contribution in [2.75, 3.05) is 19.8 Å². The first-order valence-corrected chi connectivity index (χ1v) is 6.33. The van der Waals surface area contributed by atoms with Gasteiger partial charge in [-0.25, -0.2) is 0 Å². The molecule has 0 atom stereocenters. The van der Waals surface area contributed by atoms with E-state index in [-0.39, 0.29) is 25.2 Å². The van der Waals surface area contributed by atoms with E-state index in [1.165, 1.54) is 5.56 Å². The maximum absolute atomic E-state index is 5.54. The summed E-state index contributed by atoms with van der Waals surface area (Å²) in [5, 5.41) is 0. The summed E-state index contributed by atoms with van der Waals surface area (Å²) in [6.45, 7) is 7.54. The van der Waals surface area contributed by atoms with Gasteiger partial charge in [-0.1, -0.05) is 18.2 Å². The second-order valence-corrected chi connectivity index (χ2v) is 3.99. The van der Waals surface area contributed by atoms with Crippen LogP contribution in [-0.2, 0) is 14.2 Å². The van der Waals surface area contributed by atoms with Crippen LogP contribution in [0.25, 0.3) is 5.57 Å². The zero-order valence-electron chi connectivity index (χ0n) is 11.9. The van der Waals surface area contributed by atoms with E-state index in [2.05, 4.69) is 6.07 Å². The molecule has 0 radical (unpaired) electrons. The van der Waals surface area contributed by atoms with E-state index in [0.29, 0.717) is 19.8 Å². The molecule has 98 valence electrons. The van der Waals surface area contributed by atoms with Gasteiger partial charge < -0.3 is 14.2 Å². The van der Waals surface area contributed by atoms with Crippen molar-refractivity contribution < 1.29 is 33.1 Å². The molecular weight excluding hydrogens is 235 g/mol. The molecule has 1 heterocycles. The molecule has 1 aliphatic rings. The van der Waals surface area contributed by atoms with Crippen LogP contribution in [0.3, 0.4) is 0 Å². The second kappa shape index (κ2) is 8.47. The van der Waals surface area contributed by atoms with Crippen LogP contribution < -0.4 is 18.9 Å². The molecular formula is C15H19LiO3. The number of fused-ring (bicyclic) bond motifs is 1. The predicted octanol–water partition coefficient (Wildman–Crippen LogP) is 0.0132. The third-order valence-corrected chi connectivity index (χ3v) is 2.76. The van der Waals surface area contributed by atoms with Crippen molar-refractivity contribution in [2.24, 2.45) is 0 Å². The van der Waals surface area contributed by atoms with Gasteiger partial charge in [0.25, 0.3) is 0 Å². The quantitative estimate of drug-likeness (QED) is 0.421. The number of ether oxygens (including phenoxy) is 3. The fraction of sp³-hybridized carbons (Fsp3) is 0.400. The van der Waals surface area contributed by atoms with E-state index in [4.69, 9.17) is 14.2 Å². The standard InChI is InChI=1S/C15H19O3.Li/c1-3-17-15(18-4-2)9-13-11-16-10-12-7-5-6-8-14(12)13;/h5-10,15H,3-4,11H2,1-2H3;/q-1;+1/b13-9+;. The molecule has 3 nitrogen and oxygen atoms in total. The fourth-order valence-corrected chi connectivity index (χ4v) is 1.97. The maximum atomic E-state index is 5.54. The van der Waals surface area contributed by atoms with Crippen LogP contribution in [0.4, 0.5) is 0 Å². The van der Waals surface area contributed by atoms with Crippen molar-refractivity contribution in [3.63, 3.8) is 0 Å². The van der Waals surface area contributed by atoms with Gasteiger partial charge >= 0.3 is 18.9 Å². The number of hydrogen-bond acceptors (Lipinski definition) is 3. The number of rotatable bonds is 5. The fourth-order valence-electron chi connectivity index (χ4n) is 1.97. The zero-order chi connectivity index (χ0) is 12.8. The average molecular weight is 254 g/mol. The van der Waals surface area contributed by atoms with Gasteiger partial charge in [0.15, 0.2) is 6.29 Å². The summed E-state index contributed by atoms with van der Waals surface area (Å²) < 4.78 is 16.5. The summed E-state index contributed by atoms with van der Waals surface area (Å²) in [4.78, 5) is 0. The van der Waals surface area contributed by atoms with Crippen LogP contribution in [0, 0.1) is 6.61 Å². The molecule has 0 spiro atoms. The van der Waals surface area contributed by atoms with Gasteiger partial charge in [-0.05, 0) is 19.9 Å². The Balaban J connectivity index is 0.00000180. The third kappa shape index (κ3) is 4.42. The van der Waals surface area contributed by atoms with Crippen molar-refractivity contribution in [3.05, 3.63) is 48.1 Å². The first kappa shape index (κ1) is 16.4. The van der Waals surface area contributed by atoms with Gasteiger partial charge in [0, 0.05) is 13.2 Å². The molecule has 0 N–H and O–H groups in total. The smallest absolute Gasteiger partial charge is 0.410 e. The molecule has 1 aliphatic heterocycles. The van der Waals surface area contributed by atoms with Crippen molar-refractivity contribution in [1.82, 2.24) is 0 Å². The Labute approximate surface area is 127 Å². The predicted molar refractivity (Wildman–Crippen MR) is 70.8 cm³/mol. The van der Waals surface area contributed by atoms with Crippen LogP contribution in [0.2, 0.25) is 0 Å². The Morgan fingerprint density at radius 2 is 1.95 bits per heavy atom. The van der Waals surface area contributed by atoms with E-state index >= 15 is 0 Å². The molecule has 1 aromatic carbocycles. The topological polar surface area (TPSA) is 27.7 Å². The van der Waals surface area contributed by atoms with Crippen LogP contribution in [-0.4, -0.2) is 26.1 Å². The second-order valence-electron chi connectivity index (χ2n) is 3.99. The molecule has 0 saturated carbocycles. The van der Waals surface area contributed by atoms with Crippen molar-refractivity contribution in [3.8, 4) is 0 Å². The Hall–Kier alpha value is -0.693. The van der Waals surface area contributed by atoms with E-state index in [9.17, 15) is 0 Å². The molecule has 2 rings (SSSR count). The molecule has 1 aromatic rings. The molecule has 0 amide bonds. The van der Waals surface area contributed by atoms with E-state index < -0.39 is 0 Å². The summed E-state index contributed by atoms with van der Waals surface area (Å²) in [7, 11) is 0. The van der Waals surface area contributed by atoms with Crippen LogP contribution >= 0.6 is 0 Å². The maximum Gasteiger partial charge on any atom is 1.00 e. The number of benzene rings is 1. The Morgan fingerprint density at radius 1 is 1.26 bits per heavy atom. The average Bonchev–Trinajstić information content (AvgIpc) is 2.40. The molecule has 19 heavy (non-hydrogen) atoms. The SMILES string of the molecule is CCOC(/C=C1\CO[CH-]c2ccccc21)OCC.[Li+]. The largest absolute Gasteiger partial charge is 1.00 e. The summed E-state index contributed by atoms with van der Waals surface area (Å²) in [5.74, 6) is 0. The third-order valence-electron chi connectivity index (χ3n) is 2.76. The van der Waals surface area contributed by atoms with Gasteiger partial charge in [-0.15, -0.1) is 17.7 Å². The van der Waals surface area contributed by atoms with Crippen molar-refractivity contribution in [2.45, 2.75) is 20.1 Å². The van der Waals surface area contributed by atoms with Gasteiger partial charge in [-0.2, -0.15) is 11.6 Å². The van der Waals surface area contributed by atoms with Gasteiger partial charge in [0.05, 0.1) is 6.61 Å². The minimum Gasteiger partial charge on any atom is -0.410 e. The van der Waals surface area contributed by atoms with Crippen LogP contribution in [0.1, 0.15) is 25.0 Å². The summed E-state index contributed by atoms with van der Waals surface area (Å²) in [6, 6.07) is 8.17. The molecule has 0 aromatic heterocycles. The summed E-state index contributed by atoms with van der Waals surface area (Å²) >= 11 is 0. The summed E-state index contributed by atoms with van der Waals surface area (Å²) in [5.41, 5.74) is 3.40. The summed E-state index contributed by atoms with van der Waals surface area (Å²) in [6.07, 6.45) is 1.70. The van der Waals surface area contributed by atoms with Gasteiger partial charge in [-0.3, -0.25) is 0 Å². The van der Waals surface area contributed by atoms with Crippen LogP contribution in [0.15, 0.2) is 30.3 Å². The zero-order valence-corrected chi connectivity index (χ0v) is 11.9. The van der Waals surface area contributed by atoms with Crippen molar-refractivity contribution in [1.29, 1.82) is 0 Å². The minimum absolute atomic E-state index is 0. The van der Waals surface area contributed by atoms with Crippen molar-refractivity contribution >= 4 is 5.57 Å². The molecule has 0 bridgehead atoms. The normalized spacial score (nSPS) is 15.8. The monoisotopic (exact) mass is 254 g/mol. The molecule has 0 aliphatic carbocycles. The van der Waals surface area contributed by atoms with Gasteiger partial charge in [0.1, 0.15) is 0 Å². The van der Waals surface area contributed by atoms with Gasteiger partial charge in [0.2, 0.25) is 0 Å². The number of hydrogen-bond donors (Lipinski definition) is 0. The Morgan fingerprint density at radius 3 is 2.63 bits per heavy atom. The molecule has 0 fully saturated rings. The molecule has 0 saturated heterocycles. The first-order valence-electron chi connectivity index (χ1n) is 6.33. The Kier molecular flexibility index (Phi) is 7.30. The van der Waals surface area contributed by atoms with E-state index in [1.807, 2.05) is 38.1 Å². The van der Waals surface area contributed by atoms with E-state index in [0.717, 1.165) is 11.1 Å².